The van der Waals surface area contributed by atoms with Crippen LogP contribution in [-0.4, -0.2) is 22.1 Å². The Labute approximate surface area is 165 Å². The van der Waals surface area contributed by atoms with E-state index in [1.165, 1.54) is 30.6 Å². The Morgan fingerprint density at radius 3 is 2.41 bits per heavy atom. The topological polar surface area (TPSA) is 54.9 Å². The molecule has 4 nitrogen and oxygen atoms in total. The Hall–Kier alpha value is -2.77. The van der Waals surface area contributed by atoms with E-state index in [-0.39, 0.29) is 40.9 Å². The van der Waals surface area contributed by atoms with Gasteiger partial charge in [-0.1, -0.05) is 18.6 Å². The summed E-state index contributed by atoms with van der Waals surface area (Å²) in [7, 11) is 0. The van der Waals surface area contributed by atoms with Crippen LogP contribution in [0.5, 0.6) is 0 Å². The van der Waals surface area contributed by atoms with Gasteiger partial charge in [-0.3, -0.25) is 9.78 Å². The lowest BCUT2D eigenvalue weighted by Crippen LogP contribution is -2.25. The highest BCUT2D eigenvalue weighted by Gasteiger charge is 2.44. The van der Waals surface area contributed by atoms with Crippen LogP contribution in [0.25, 0.3) is 5.57 Å². The molecule has 29 heavy (non-hydrogen) atoms. The molecule has 1 aromatic carbocycles. The third-order valence-corrected chi connectivity index (χ3v) is 5.78. The van der Waals surface area contributed by atoms with Crippen molar-refractivity contribution < 1.29 is 22.4 Å². The van der Waals surface area contributed by atoms with Gasteiger partial charge >= 0.3 is 6.18 Å². The van der Waals surface area contributed by atoms with Crippen LogP contribution in [0.3, 0.4) is 0 Å². The first kappa shape index (κ1) is 19.5. The largest absolute Gasteiger partial charge is 0.413 e. The molecule has 1 heterocycles. The molecule has 1 N–H and O–H groups in total. The molecular weight excluding hydrogens is 386 g/mol. The molecule has 2 atom stereocenters. The van der Waals surface area contributed by atoms with Crippen molar-refractivity contribution in [1.29, 1.82) is 0 Å². The van der Waals surface area contributed by atoms with Crippen molar-refractivity contribution >= 4 is 17.3 Å². The molecule has 1 amide bonds. The fourth-order valence-electron chi connectivity index (χ4n) is 4.35. The number of anilines is 1. The summed E-state index contributed by atoms with van der Waals surface area (Å²) in [6.07, 6.45) is 1.14. The molecule has 1 saturated carbocycles. The van der Waals surface area contributed by atoms with E-state index in [9.17, 15) is 22.4 Å². The zero-order valence-corrected chi connectivity index (χ0v) is 15.5. The monoisotopic (exact) mass is 405 g/mol. The summed E-state index contributed by atoms with van der Waals surface area (Å²) in [6.45, 7) is 0. The maximum atomic E-state index is 13.7. The number of hydrogen-bond donors (Lipinski definition) is 1. The average molecular weight is 405 g/mol. The smallest absolute Gasteiger partial charge is 0.305 e. The Morgan fingerprint density at radius 1 is 1.03 bits per heavy atom. The zero-order chi connectivity index (χ0) is 20.6. The molecule has 4 rings (SSSR count). The molecule has 0 aliphatic heterocycles. The van der Waals surface area contributed by atoms with E-state index in [1.54, 1.807) is 0 Å². The van der Waals surface area contributed by atoms with E-state index in [1.807, 2.05) is 0 Å². The van der Waals surface area contributed by atoms with Crippen LogP contribution in [0.4, 0.5) is 23.4 Å². The number of benzene rings is 1. The summed E-state index contributed by atoms with van der Waals surface area (Å²) in [6, 6.07) is 5.48. The maximum Gasteiger partial charge on any atom is 0.413 e. The highest BCUT2D eigenvalue weighted by Crippen LogP contribution is 2.50. The van der Waals surface area contributed by atoms with Gasteiger partial charge in [0.2, 0.25) is 0 Å². The molecule has 2 aliphatic carbocycles. The highest BCUT2D eigenvalue weighted by molar-refractivity contribution is 6.03. The van der Waals surface area contributed by atoms with Crippen LogP contribution >= 0.6 is 0 Å². The lowest BCUT2D eigenvalue weighted by atomic mass is 9.76. The molecule has 0 saturated heterocycles. The Kier molecular flexibility index (Phi) is 5.10. The first-order chi connectivity index (χ1) is 13.8. The van der Waals surface area contributed by atoms with E-state index in [2.05, 4.69) is 15.3 Å². The predicted molar refractivity (Wildman–Crippen MR) is 99.4 cm³/mol. The summed E-state index contributed by atoms with van der Waals surface area (Å²) in [5.41, 5.74) is -0.301. The quantitative estimate of drug-likeness (QED) is 0.697. The fraction of sp³-hybridized carbons (Fsp3) is 0.381. The lowest BCUT2D eigenvalue weighted by Gasteiger charge is -2.31. The van der Waals surface area contributed by atoms with E-state index in [4.69, 9.17) is 0 Å². The van der Waals surface area contributed by atoms with Gasteiger partial charge in [-0.25, -0.2) is 9.37 Å². The average Bonchev–Trinajstić information content (AvgIpc) is 3.15. The lowest BCUT2D eigenvalue weighted by molar-refractivity contribution is -0.0962. The van der Waals surface area contributed by atoms with Crippen molar-refractivity contribution in [3.63, 3.8) is 0 Å². The molecule has 2 unspecified atom stereocenters. The summed E-state index contributed by atoms with van der Waals surface area (Å²) in [4.78, 5) is 20.3. The van der Waals surface area contributed by atoms with Gasteiger partial charge in [0, 0.05) is 5.57 Å². The second kappa shape index (κ2) is 7.57. The summed E-state index contributed by atoms with van der Waals surface area (Å²) < 4.78 is 54.5. The molecular formula is C21H19F4N3O. The van der Waals surface area contributed by atoms with Crippen molar-refractivity contribution in [3.05, 3.63) is 59.3 Å². The molecule has 2 aromatic rings. The number of allylic oxidation sites excluding steroid dienone is 2. The van der Waals surface area contributed by atoms with Crippen LogP contribution in [0.15, 0.2) is 42.2 Å². The van der Waals surface area contributed by atoms with E-state index in [0.717, 1.165) is 25.3 Å². The van der Waals surface area contributed by atoms with Gasteiger partial charge in [0.05, 0.1) is 23.7 Å². The number of alkyl halides is 3. The zero-order valence-electron chi connectivity index (χ0n) is 15.5. The molecule has 1 fully saturated rings. The predicted octanol–water partition coefficient (Wildman–Crippen LogP) is 5.39. The van der Waals surface area contributed by atoms with Gasteiger partial charge < -0.3 is 5.32 Å². The second-order valence-corrected chi connectivity index (χ2v) is 7.54. The van der Waals surface area contributed by atoms with E-state index >= 15 is 0 Å². The number of carbonyl (C=O) groups excluding carboxylic acids is 1. The summed E-state index contributed by atoms with van der Waals surface area (Å²) in [5.74, 6) is -0.999. The van der Waals surface area contributed by atoms with Crippen molar-refractivity contribution in [2.24, 2.45) is 11.8 Å². The normalized spacial score (nSPS) is 21.8. The Balaban J connectivity index is 1.58. The first-order valence-electron chi connectivity index (χ1n) is 9.50. The number of nitrogens with one attached hydrogen (secondary N) is 1. The number of hydrogen-bond acceptors (Lipinski definition) is 3. The minimum absolute atomic E-state index is 0.0248. The van der Waals surface area contributed by atoms with Crippen molar-refractivity contribution in [3.8, 4) is 0 Å². The maximum absolute atomic E-state index is 13.7. The molecule has 0 bridgehead atoms. The summed E-state index contributed by atoms with van der Waals surface area (Å²) in [5, 5.41) is 2.42. The minimum Gasteiger partial charge on any atom is -0.305 e. The van der Waals surface area contributed by atoms with Crippen LogP contribution in [0, 0.1) is 17.7 Å². The number of fused-ring (bicyclic) bond motifs is 1. The standard InChI is InChI=1S/C21H19F4N3O/c22-17-7-2-1-6-14(17)20(29)28-19-11-26-18(10-27-19)15-8-12-4-3-5-13(12)9-16(15)21(23,24)25/h1-2,6-7,10-13H,3-5,8-9H2,(H,27,28,29). The number of nitrogens with zero attached hydrogens (tertiary/aromatic N) is 2. The minimum atomic E-state index is -4.40. The molecule has 0 radical (unpaired) electrons. The van der Waals surface area contributed by atoms with Crippen LogP contribution in [-0.2, 0) is 0 Å². The highest BCUT2D eigenvalue weighted by atomic mass is 19.4. The van der Waals surface area contributed by atoms with Gasteiger partial charge in [-0.05, 0) is 55.2 Å². The first-order valence-corrected chi connectivity index (χ1v) is 9.50. The van der Waals surface area contributed by atoms with Crippen molar-refractivity contribution in [1.82, 2.24) is 9.97 Å². The van der Waals surface area contributed by atoms with Crippen molar-refractivity contribution in [2.75, 3.05) is 5.32 Å². The van der Waals surface area contributed by atoms with Crippen LogP contribution in [0.2, 0.25) is 0 Å². The molecule has 0 spiro atoms. The summed E-state index contributed by atoms with van der Waals surface area (Å²) >= 11 is 0. The molecule has 1 aromatic heterocycles. The Bertz CT molecular complexity index is 953. The SMILES string of the molecule is O=C(Nc1cnc(C2=C(C(F)(F)F)CC3CCCC3C2)cn1)c1ccccc1F. The fourth-order valence-corrected chi connectivity index (χ4v) is 4.35. The van der Waals surface area contributed by atoms with Gasteiger partial charge in [0.25, 0.3) is 5.91 Å². The molecule has 2 aliphatic rings. The van der Waals surface area contributed by atoms with Gasteiger partial charge in [-0.15, -0.1) is 0 Å². The molecule has 152 valence electrons. The van der Waals surface area contributed by atoms with Crippen LogP contribution in [0.1, 0.15) is 48.2 Å². The third kappa shape index (κ3) is 4.02. The van der Waals surface area contributed by atoms with Gasteiger partial charge in [0.1, 0.15) is 5.82 Å². The van der Waals surface area contributed by atoms with Gasteiger partial charge in [0.15, 0.2) is 5.82 Å². The number of rotatable bonds is 3. The van der Waals surface area contributed by atoms with Crippen LogP contribution < -0.4 is 5.32 Å². The number of carbonyl (C=O) groups is 1. The van der Waals surface area contributed by atoms with E-state index < -0.39 is 23.5 Å². The Morgan fingerprint density at radius 2 is 1.76 bits per heavy atom. The number of aromatic nitrogens is 2. The second-order valence-electron chi connectivity index (χ2n) is 7.54. The number of halogens is 4. The number of amides is 1. The third-order valence-electron chi connectivity index (χ3n) is 5.78. The molecule has 8 heteroatoms. The van der Waals surface area contributed by atoms with Gasteiger partial charge in [-0.2, -0.15) is 13.2 Å². The van der Waals surface area contributed by atoms with E-state index in [0.29, 0.717) is 6.42 Å². The van der Waals surface area contributed by atoms with Crippen molar-refractivity contribution in [2.45, 2.75) is 38.3 Å².